The number of fused-ring (bicyclic) bond motifs is 10. The monoisotopic (exact) mass is 591 g/mol. The van der Waals surface area contributed by atoms with Crippen molar-refractivity contribution in [2.45, 2.75) is 70.1 Å². The third-order valence-corrected chi connectivity index (χ3v) is 8.58. The molecule has 0 aromatic carbocycles. The smallest absolute Gasteiger partial charge is 0.377 e. The van der Waals surface area contributed by atoms with Gasteiger partial charge in [0.2, 0.25) is 11.6 Å². The topological polar surface area (TPSA) is 64.7 Å². The standard InChI is InChI=1S/C29H31F6N7/c1-25(2)17-10-9-11-21(36-17)41-14-19(38-23(41)28(30,31)32)26(3,4)27(5,6)20-15-42(24(39-20)29(33,34)35)22-13-16(40(7)8)12-18(25)37-22/h9-15H,1-8H3. The second kappa shape index (κ2) is 9.05. The van der Waals surface area contributed by atoms with Gasteiger partial charge in [-0.1, -0.05) is 33.8 Å². The van der Waals surface area contributed by atoms with E-state index in [0.717, 1.165) is 9.13 Å². The van der Waals surface area contributed by atoms with Crippen molar-refractivity contribution in [1.29, 1.82) is 0 Å². The van der Waals surface area contributed by atoms with Crippen molar-refractivity contribution >= 4 is 5.69 Å². The average Bonchev–Trinajstić information content (AvgIpc) is 3.54. The number of nitrogens with zero attached hydrogens (tertiary/aromatic N) is 7. The first-order chi connectivity index (χ1) is 19.2. The zero-order valence-electron chi connectivity index (χ0n) is 24.4. The van der Waals surface area contributed by atoms with E-state index in [1.54, 1.807) is 78.7 Å². The van der Waals surface area contributed by atoms with E-state index in [0.29, 0.717) is 17.1 Å². The SMILES string of the molecule is CN(C)c1cc2nc(c1)C(C)(C)c1cccc(n1)-n1cc(nc1C(F)(F)F)C(C)(C)C(C)(C)c1cn-2c(C(F)(F)F)n1. The first-order valence-corrected chi connectivity index (χ1v) is 13.2. The third-order valence-electron chi connectivity index (χ3n) is 8.58. The lowest BCUT2D eigenvalue weighted by molar-refractivity contribution is -0.146. The highest BCUT2D eigenvalue weighted by atomic mass is 19.4. The van der Waals surface area contributed by atoms with Crippen LogP contribution in [0.5, 0.6) is 0 Å². The van der Waals surface area contributed by atoms with E-state index >= 15 is 0 Å². The van der Waals surface area contributed by atoms with Crippen LogP contribution in [0, 0.1) is 0 Å². The predicted octanol–water partition coefficient (Wildman–Crippen LogP) is 6.85. The fourth-order valence-corrected chi connectivity index (χ4v) is 4.99. The molecule has 0 amide bonds. The largest absolute Gasteiger partial charge is 0.450 e. The Kier molecular flexibility index (Phi) is 6.37. The molecule has 0 unspecified atom stereocenters. The molecule has 1 aliphatic rings. The second-order valence-corrected chi connectivity index (χ2v) is 12.4. The van der Waals surface area contributed by atoms with Crippen LogP contribution in [0.4, 0.5) is 32.0 Å². The first-order valence-electron chi connectivity index (χ1n) is 13.2. The molecule has 8 bridgehead atoms. The van der Waals surface area contributed by atoms with Crippen LogP contribution in [0.3, 0.4) is 0 Å². The Bertz CT molecular complexity index is 1670. The summed E-state index contributed by atoms with van der Waals surface area (Å²) in [4.78, 5) is 19.1. The van der Waals surface area contributed by atoms with E-state index in [-0.39, 0.29) is 23.0 Å². The molecule has 0 fully saturated rings. The van der Waals surface area contributed by atoms with E-state index in [4.69, 9.17) is 0 Å². The zero-order valence-corrected chi connectivity index (χ0v) is 24.4. The Morgan fingerprint density at radius 1 is 0.619 bits per heavy atom. The molecule has 5 rings (SSSR count). The van der Waals surface area contributed by atoms with Crippen LogP contribution < -0.4 is 4.90 Å². The van der Waals surface area contributed by atoms with Gasteiger partial charge in [0.15, 0.2) is 0 Å². The third kappa shape index (κ3) is 4.53. The summed E-state index contributed by atoms with van der Waals surface area (Å²) in [6.07, 6.45) is -7.16. The number of pyridine rings is 2. The summed E-state index contributed by atoms with van der Waals surface area (Å²) in [7, 11) is 3.50. The van der Waals surface area contributed by atoms with Gasteiger partial charge in [0, 0.05) is 54.5 Å². The first kappa shape index (κ1) is 29.6. The molecular weight excluding hydrogens is 560 g/mol. The van der Waals surface area contributed by atoms with Crippen LogP contribution in [0.2, 0.25) is 0 Å². The van der Waals surface area contributed by atoms with Crippen LogP contribution in [0.1, 0.15) is 76.0 Å². The molecule has 7 nitrogen and oxygen atoms in total. The van der Waals surface area contributed by atoms with Crippen LogP contribution in [0.25, 0.3) is 11.6 Å². The minimum absolute atomic E-state index is 0.000908. The van der Waals surface area contributed by atoms with Crippen molar-refractivity contribution in [2.24, 2.45) is 0 Å². The maximum atomic E-state index is 14.5. The van der Waals surface area contributed by atoms with E-state index in [1.165, 1.54) is 24.5 Å². The number of halogens is 6. The van der Waals surface area contributed by atoms with Gasteiger partial charge in [-0.15, -0.1) is 0 Å². The fraction of sp³-hybridized carbons (Fsp3) is 0.448. The minimum Gasteiger partial charge on any atom is -0.377 e. The lowest BCUT2D eigenvalue weighted by atomic mass is 9.64. The van der Waals surface area contributed by atoms with Gasteiger partial charge in [0.05, 0.1) is 22.8 Å². The maximum absolute atomic E-state index is 14.5. The van der Waals surface area contributed by atoms with Crippen molar-refractivity contribution in [2.75, 3.05) is 19.0 Å². The van der Waals surface area contributed by atoms with E-state index in [2.05, 4.69) is 19.9 Å². The van der Waals surface area contributed by atoms with E-state index < -0.39 is 40.2 Å². The Hall–Kier alpha value is -3.90. The van der Waals surface area contributed by atoms with Crippen LogP contribution in [-0.2, 0) is 28.6 Å². The number of imidazole rings is 2. The van der Waals surface area contributed by atoms with Gasteiger partial charge in [0.25, 0.3) is 0 Å². The summed E-state index contributed by atoms with van der Waals surface area (Å²) in [5.74, 6) is -2.38. The van der Waals surface area contributed by atoms with Gasteiger partial charge in [0.1, 0.15) is 11.6 Å². The number of anilines is 1. The molecule has 5 heterocycles. The van der Waals surface area contributed by atoms with Crippen LogP contribution in [-0.4, -0.2) is 43.2 Å². The van der Waals surface area contributed by atoms with Crippen molar-refractivity contribution in [3.05, 3.63) is 77.2 Å². The van der Waals surface area contributed by atoms with Gasteiger partial charge in [-0.05, 0) is 32.0 Å². The maximum Gasteiger partial charge on any atom is 0.450 e. The fourth-order valence-electron chi connectivity index (χ4n) is 4.99. The summed E-state index contributed by atoms with van der Waals surface area (Å²) in [5, 5.41) is 0. The Labute approximate surface area is 239 Å². The van der Waals surface area contributed by atoms with Crippen LogP contribution >= 0.6 is 0 Å². The predicted molar refractivity (Wildman–Crippen MR) is 145 cm³/mol. The van der Waals surface area contributed by atoms with Gasteiger partial charge in [-0.3, -0.25) is 9.13 Å². The van der Waals surface area contributed by atoms with Crippen molar-refractivity contribution in [3.8, 4) is 11.6 Å². The number of rotatable bonds is 1. The highest BCUT2D eigenvalue weighted by Gasteiger charge is 2.48. The highest BCUT2D eigenvalue weighted by molar-refractivity contribution is 5.54. The average molecular weight is 592 g/mol. The Morgan fingerprint density at radius 3 is 1.57 bits per heavy atom. The molecule has 0 spiro atoms. The molecule has 0 aliphatic carbocycles. The molecule has 4 aromatic rings. The normalized spacial score (nSPS) is 17.4. The molecule has 1 aliphatic heterocycles. The van der Waals surface area contributed by atoms with Gasteiger partial charge in [-0.25, -0.2) is 19.9 Å². The molecule has 0 saturated carbocycles. The van der Waals surface area contributed by atoms with Gasteiger partial charge < -0.3 is 4.90 Å². The highest BCUT2D eigenvalue weighted by Crippen LogP contribution is 2.46. The molecule has 0 atom stereocenters. The minimum atomic E-state index is -4.85. The van der Waals surface area contributed by atoms with Crippen molar-refractivity contribution in [1.82, 2.24) is 29.1 Å². The Balaban J connectivity index is 1.95. The quantitative estimate of drug-likeness (QED) is 0.227. The van der Waals surface area contributed by atoms with Crippen molar-refractivity contribution < 1.29 is 26.3 Å². The number of aromatic nitrogens is 6. The van der Waals surface area contributed by atoms with E-state index in [1.807, 2.05) is 0 Å². The molecule has 0 radical (unpaired) electrons. The molecular formula is C29H31F6N7. The van der Waals surface area contributed by atoms with E-state index in [9.17, 15) is 26.3 Å². The molecule has 42 heavy (non-hydrogen) atoms. The summed E-state index contributed by atoms with van der Waals surface area (Å²) >= 11 is 0. The molecule has 224 valence electrons. The zero-order chi connectivity index (χ0) is 31.2. The van der Waals surface area contributed by atoms with Crippen LogP contribution in [0.15, 0.2) is 42.7 Å². The van der Waals surface area contributed by atoms with Gasteiger partial charge >= 0.3 is 12.4 Å². The summed E-state index contributed by atoms with van der Waals surface area (Å²) in [5.41, 5.74) is -2.11. The number of hydrogen-bond acceptors (Lipinski definition) is 5. The Morgan fingerprint density at radius 2 is 1.10 bits per heavy atom. The van der Waals surface area contributed by atoms with Crippen molar-refractivity contribution in [3.63, 3.8) is 0 Å². The lowest BCUT2D eigenvalue weighted by Crippen LogP contribution is -2.41. The second-order valence-electron chi connectivity index (χ2n) is 12.4. The molecule has 4 aromatic heterocycles. The summed E-state index contributed by atoms with van der Waals surface area (Å²) in [6.45, 7) is 10.1. The van der Waals surface area contributed by atoms with Gasteiger partial charge in [-0.2, -0.15) is 26.3 Å². The number of hydrogen-bond donors (Lipinski definition) is 0. The number of alkyl halides is 6. The lowest BCUT2D eigenvalue weighted by Gasteiger charge is -2.39. The molecule has 0 N–H and O–H groups in total. The summed E-state index contributed by atoms with van der Waals surface area (Å²) < 4.78 is 88.3. The summed E-state index contributed by atoms with van der Waals surface area (Å²) in [6, 6.07) is 7.97. The molecule has 0 saturated heterocycles. The molecule has 13 heteroatoms.